The van der Waals surface area contributed by atoms with Crippen molar-refractivity contribution in [1.29, 1.82) is 5.26 Å². The van der Waals surface area contributed by atoms with Crippen molar-refractivity contribution in [2.24, 2.45) is 5.92 Å². The van der Waals surface area contributed by atoms with Crippen molar-refractivity contribution in [3.05, 3.63) is 23.9 Å². The lowest BCUT2D eigenvalue weighted by Gasteiger charge is -2.39. The number of carbonyl (C=O) groups excluding carboxylic acids is 1. The van der Waals surface area contributed by atoms with Crippen molar-refractivity contribution >= 4 is 11.7 Å². The van der Waals surface area contributed by atoms with E-state index in [1.54, 1.807) is 17.0 Å². The number of anilines is 1. The quantitative estimate of drug-likeness (QED) is 0.800. The molecular formula is C18H22F3N5O. The lowest BCUT2D eigenvalue weighted by atomic mass is 9.95. The summed E-state index contributed by atoms with van der Waals surface area (Å²) in [5.41, 5.74) is 0.508. The van der Waals surface area contributed by atoms with E-state index in [0.717, 1.165) is 5.82 Å². The minimum Gasteiger partial charge on any atom is -0.357 e. The van der Waals surface area contributed by atoms with Gasteiger partial charge in [0.1, 0.15) is 11.9 Å². The van der Waals surface area contributed by atoms with E-state index < -0.39 is 12.7 Å². The van der Waals surface area contributed by atoms with Crippen LogP contribution < -0.4 is 4.90 Å². The van der Waals surface area contributed by atoms with E-state index >= 15 is 0 Å². The molecule has 2 saturated heterocycles. The normalized spacial score (nSPS) is 19.8. The molecule has 2 aliphatic heterocycles. The van der Waals surface area contributed by atoms with Crippen LogP contribution in [0.3, 0.4) is 0 Å². The van der Waals surface area contributed by atoms with Crippen molar-refractivity contribution < 1.29 is 18.0 Å². The first-order chi connectivity index (χ1) is 12.9. The summed E-state index contributed by atoms with van der Waals surface area (Å²) in [5.74, 6) is 0.753. The molecule has 3 heterocycles. The predicted octanol–water partition coefficient (Wildman–Crippen LogP) is 1.88. The lowest BCUT2D eigenvalue weighted by Crippen LogP contribution is -2.53. The number of piperidine rings is 1. The van der Waals surface area contributed by atoms with Gasteiger partial charge >= 0.3 is 6.18 Å². The molecule has 1 aromatic rings. The average Bonchev–Trinajstić information content (AvgIpc) is 2.67. The first-order valence-electron chi connectivity index (χ1n) is 9.05. The summed E-state index contributed by atoms with van der Waals surface area (Å²) in [6.45, 7) is 1.72. The second-order valence-electron chi connectivity index (χ2n) is 6.99. The van der Waals surface area contributed by atoms with Crippen LogP contribution in [0.15, 0.2) is 18.3 Å². The topological polar surface area (TPSA) is 63.5 Å². The van der Waals surface area contributed by atoms with Crippen molar-refractivity contribution in [1.82, 2.24) is 14.8 Å². The minimum atomic E-state index is -4.20. The van der Waals surface area contributed by atoms with Gasteiger partial charge in [-0.05, 0) is 25.0 Å². The van der Waals surface area contributed by atoms with E-state index in [-0.39, 0.29) is 24.9 Å². The summed E-state index contributed by atoms with van der Waals surface area (Å²) >= 11 is 0. The number of carbonyl (C=O) groups is 1. The highest BCUT2D eigenvalue weighted by Crippen LogP contribution is 2.24. The first kappa shape index (κ1) is 19.4. The summed E-state index contributed by atoms with van der Waals surface area (Å²) in [7, 11) is 0. The second kappa shape index (κ2) is 8.13. The molecule has 0 unspecified atom stereocenters. The number of aromatic nitrogens is 1. The van der Waals surface area contributed by atoms with Crippen molar-refractivity contribution in [2.75, 3.05) is 50.7 Å². The Labute approximate surface area is 156 Å². The van der Waals surface area contributed by atoms with E-state index in [4.69, 9.17) is 5.26 Å². The van der Waals surface area contributed by atoms with Crippen molar-refractivity contribution in [3.8, 4) is 6.07 Å². The molecular weight excluding hydrogens is 359 g/mol. The van der Waals surface area contributed by atoms with Crippen LogP contribution in [-0.4, -0.2) is 72.7 Å². The largest absolute Gasteiger partial charge is 0.401 e. The molecule has 6 nitrogen and oxygen atoms in total. The molecule has 0 N–H and O–H groups in total. The Morgan fingerprint density at radius 1 is 1.15 bits per heavy atom. The van der Waals surface area contributed by atoms with Gasteiger partial charge in [-0.1, -0.05) is 0 Å². The molecule has 1 aromatic heterocycles. The Kier molecular flexibility index (Phi) is 5.85. The Hall–Kier alpha value is -2.34. The van der Waals surface area contributed by atoms with E-state index in [9.17, 15) is 18.0 Å². The number of nitrogens with zero attached hydrogens (tertiary/aromatic N) is 5. The van der Waals surface area contributed by atoms with Crippen LogP contribution >= 0.6 is 0 Å². The van der Waals surface area contributed by atoms with Gasteiger partial charge < -0.3 is 9.80 Å². The summed E-state index contributed by atoms with van der Waals surface area (Å²) in [4.78, 5) is 22.1. The van der Waals surface area contributed by atoms with Gasteiger partial charge in [0, 0.05) is 51.4 Å². The van der Waals surface area contributed by atoms with Crippen LogP contribution in [-0.2, 0) is 4.79 Å². The molecule has 2 fully saturated rings. The summed E-state index contributed by atoms with van der Waals surface area (Å²) < 4.78 is 37.4. The van der Waals surface area contributed by atoms with Crippen LogP contribution in [0, 0.1) is 17.2 Å². The zero-order valence-electron chi connectivity index (χ0n) is 15.0. The standard InChI is InChI=1S/C18H22F3N5O/c19-18(20,21)13-24-7-9-26(10-8-24)17(27)15-3-5-25(6-4-15)16-2-1-14(11-22)12-23-16/h1-2,12,15H,3-10,13H2. The highest BCUT2D eigenvalue weighted by atomic mass is 19.4. The number of hydrogen-bond donors (Lipinski definition) is 0. The smallest absolute Gasteiger partial charge is 0.357 e. The van der Waals surface area contributed by atoms with Gasteiger partial charge in [-0.15, -0.1) is 0 Å². The second-order valence-corrected chi connectivity index (χ2v) is 6.99. The monoisotopic (exact) mass is 381 g/mol. The maximum atomic E-state index is 12.7. The highest BCUT2D eigenvalue weighted by molar-refractivity contribution is 5.79. The molecule has 2 aliphatic rings. The summed E-state index contributed by atoms with van der Waals surface area (Å²) in [6, 6.07) is 5.56. The van der Waals surface area contributed by atoms with Gasteiger partial charge in [-0.25, -0.2) is 4.98 Å². The fraction of sp³-hybridized carbons (Fsp3) is 0.611. The molecule has 27 heavy (non-hydrogen) atoms. The van der Waals surface area contributed by atoms with Crippen LogP contribution in [0.4, 0.5) is 19.0 Å². The summed E-state index contributed by atoms with van der Waals surface area (Å²) in [5, 5.41) is 8.83. The van der Waals surface area contributed by atoms with Crippen LogP contribution in [0.5, 0.6) is 0 Å². The molecule has 1 amide bonds. The molecule has 146 valence electrons. The number of nitriles is 1. The number of halogens is 3. The zero-order chi connectivity index (χ0) is 19.4. The molecule has 9 heteroatoms. The fourth-order valence-electron chi connectivity index (χ4n) is 3.63. The van der Waals surface area contributed by atoms with Crippen LogP contribution in [0.2, 0.25) is 0 Å². The molecule has 0 spiro atoms. The Bertz CT molecular complexity index is 684. The molecule has 3 rings (SSSR count). The molecule has 0 aromatic carbocycles. The summed E-state index contributed by atoms with van der Waals surface area (Å²) in [6.07, 6.45) is -1.27. The number of amides is 1. The van der Waals surface area contributed by atoms with Gasteiger partial charge in [-0.2, -0.15) is 18.4 Å². The Balaban J connectivity index is 1.47. The lowest BCUT2D eigenvalue weighted by molar-refractivity contribution is -0.153. The van der Waals surface area contributed by atoms with Gasteiger partial charge in [0.2, 0.25) is 5.91 Å². The Morgan fingerprint density at radius 2 is 1.81 bits per heavy atom. The van der Waals surface area contributed by atoms with E-state index in [2.05, 4.69) is 9.88 Å². The third kappa shape index (κ3) is 5.10. The third-order valence-corrected chi connectivity index (χ3v) is 5.13. The van der Waals surface area contributed by atoms with E-state index in [1.165, 1.54) is 11.1 Å². The number of pyridine rings is 1. The van der Waals surface area contributed by atoms with E-state index in [0.29, 0.717) is 44.6 Å². The maximum Gasteiger partial charge on any atom is 0.401 e. The number of rotatable bonds is 3. The SMILES string of the molecule is N#Cc1ccc(N2CCC(C(=O)N3CCN(CC(F)(F)F)CC3)CC2)nc1. The van der Waals surface area contributed by atoms with E-state index in [1.807, 2.05) is 6.07 Å². The average molecular weight is 381 g/mol. The van der Waals surface area contributed by atoms with Crippen LogP contribution in [0.25, 0.3) is 0 Å². The molecule has 0 radical (unpaired) electrons. The number of hydrogen-bond acceptors (Lipinski definition) is 5. The first-order valence-corrected chi connectivity index (χ1v) is 9.05. The molecule has 0 saturated carbocycles. The number of alkyl halides is 3. The van der Waals surface area contributed by atoms with Gasteiger partial charge in [0.05, 0.1) is 12.1 Å². The number of piperazine rings is 1. The Morgan fingerprint density at radius 3 is 2.33 bits per heavy atom. The fourth-order valence-corrected chi connectivity index (χ4v) is 3.63. The highest BCUT2D eigenvalue weighted by Gasteiger charge is 2.34. The maximum absolute atomic E-state index is 12.7. The van der Waals surface area contributed by atoms with Crippen molar-refractivity contribution in [3.63, 3.8) is 0 Å². The minimum absolute atomic E-state index is 0.0501. The van der Waals surface area contributed by atoms with Gasteiger partial charge in [0.25, 0.3) is 0 Å². The molecule has 0 aliphatic carbocycles. The van der Waals surface area contributed by atoms with Crippen LogP contribution in [0.1, 0.15) is 18.4 Å². The third-order valence-electron chi connectivity index (χ3n) is 5.13. The molecule has 0 atom stereocenters. The predicted molar refractivity (Wildman–Crippen MR) is 93.0 cm³/mol. The molecule has 0 bridgehead atoms. The van der Waals surface area contributed by atoms with Gasteiger partial charge in [0.15, 0.2) is 0 Å². The zero-order valence-corrected chi connectivity index (χ0v) is 15.0. The van der Waals surface area contributed by atoms with Gasteiger partial charge in [-0.3, -0.25) is 9.69 Å². The van der Waals surface area contributed by atoms with Crippen molar-refractivity contribution in [2.45, 2.75) is 19.0 Å².